The molecule has 2 heterocycles. The summed E-state index contributed by atoms with van der Waals surface area (Å²) in [6.45, 7) is -0.531. The van der Waals surface area contributed by atoms with Crippen LogP contribution in [0.2, 0.25) is 5.02 Å². The maximum absolute atomic E-state index is 14.3. The number of thiazole rings is 1. The van der Waals surface area contributed by atoms with Gasteiger partial charge in [-0.05, 0) is 18.2 Å². The number of primary amides is 1. The topological polar surface area (TPSA) is 98.3 Å². The fourth-order valence-electron chi connectivity index (χ4n) is 2.12. The van der Waals surface area contributed by atoms with Crippen molar-refractivity contribution < 1.29 is 23.4 Å². The van der Waals surface area contributed by atoms with E-state index >= 15 is 0 Å². The Hall–Kier alpha value is -2.36. The fourth-order valence-corrected chi connectivity index (χ4v) is 3.19. The highest BCUT2D eigenvalue weighted by Crippen LogP contribution is 2.31. The molecule has 25 heavy (non-hydrogen) atoms. The van der Waals surface area contributed by atoms with Crippen LogP contribution in [-0.2, 0) is 0 Å². The molecule has 0 unspecified atom stereocenters. The van der Waals surface area contributed by atoms with Gasteiger partial charge in [0.15, 0.2) is 17.7 Å². The third kappa shape index (κ3) is 3.39. The minimum Gasteiger partial charge on any atom is -0.478 e. The first-order valence-corrected chi connectivity index (χ1v) is 8.07. The van der Waals surface area contributed by atoms with Gasteiger partial charge in [-0.25, -0.2) is 18.7 Å². The molecule has 0 aliphatic rings. The van der Waals surface area contributed by atoms with Gasteiger partial charge in [0.2, 0.25) is 0 Å². The smallest absolute Gasteiger partial charge is 0.254 e. The van der Waals surface area contributed by atoms with Crippen LogP contribution < -0.4 is 10.5 Å². The summed E-state index contributed by atoms with van der Waals surface area (Å²) in [7, 11) is 0. The lowest BCUT2D eigenvalue weighted by Gasteiger charge is -2.16. The first-order chi connectivity index (χ1) is 11.9. The summed E-state index contributed by atoms with van der Waals surface area (Å²) < 4.78 is 33.2. The van der Waals surface area contributed by atoms with Crippen molar-refractivity contribution in [2.24, 2.45) is 5.73 Å². The zero-order chi connectivity index (χ0) is 18.1. The minimum atomic E-state index is -1.26. The van der Waals surface area contributed by atoms with Crippen molar-refractivity contribution in [1.29, 1.82) is 0 Å². The standard InChI is InChI=1S/C15H10ClF2N3O3S/c16-6-3-8-14(20-4-6)25-15(21-8)10(5-22)24-9-2-1-7(17)11(12(9)18)13(19)23/h1-4,10,22H,5H2,(H2,19,23)/t10-/m1/s1. The van der Waals surface area contributed by atoms with E-state index in [1.54, 1.807) is 6.07 Å². The van der Waals surface area contributed by atoms with Gasteiger partial charge in [-0.1, -0.05) is 22.9 Å². The molecule has 2 aromatic heterocycles. The van der Waals surface area contributed by atoms with E-state index in [9.17, 15) is 18.7 Å². The van der Waals surface area contributed by atoms with Crippen molar-refractivity contribution in [2.75, 3.05) is 6.61 Å². The van der Waals surface area contributed by atoms with Crippen LogP contribution in [0.4, 0.5) is 8.78 Å². The van der Waals surface area contributed by atoms with Crippen LogP contribution in [0, 0.1) is 11.6 Å². The second-order valence-corrected chi connectivity index (χ2v) is 6.36. The molecule has 3 rings (SSSR count). The number of aliphatic hydroxyl groups excluding tert-OH is 1. The Morgan fingerprint density at radius 1 is 1.44 bits per heavy atom. The van der Waals surface area contributed by atoms with Crippen molar-refractivity contribution >= 4 is 39.2 Å². The molecule has 130 valence electrons. The molecule has 10 heteroatoms. The molecule has 1 atom stereocenters. The molecule has 0 saturated heterocycles. The molecule has 3 N–H and O–H groups in total. The molecular formula is C15H10ClF2N3O3S. The van der Waals surface area contributed by atoms with Crippen LogP contribution in [0.15, 0.2) is 24.4 Å². The Morgan fingerprint density at radius 2 is 2.20 bits per heavy atom. The lowest BCUT2D eigenvalue weighted by atomic mass is 10.1. The average molecular weight is 386 g/mol. The Balaban J connectivity index is 1.97. The van der Waals surface area contributed by atoms with E-state index in [1.165, 1.54) is 6.20 Å². The number of nitrogens with two attached hydrogens (primary N) is 1. The fraction of sp³-hybridized carbons (Fsp3) is 0.133. The van der Waals surface area contributed by atoms with E-state index in [4.69, 9.17) is 22.1 Å². The van der Waals surface area contributed by atoms with E-state index in [2.05, 4.69) is 9.97 Å². The number of carbonyl (C=O) groups is 1. The number of rotatable bonds is 5. The van der Waals surface area contributed by atoms with Gasteiger partial charge < -0.3 is 15.6 Å². The molecule has 3 aromatic rings. The lowest BCUT2D eigenvalue weighted by molar-refractivity contribution is 0.0982. The van der Waals surface area contributed by atoms with Crippen molar-refractivity contribution in [3.63, 3.8) is 0 Å². The molecule has 6 nitrogen and oxygen atoms in total. The van der Waals surface area contributed by atoms with Gasteiger partial charge in [0.05, 0.1) is 11.6 Å². The second-order valence-electron chi connectivity index (χ2n) is 4.92. The molecule has 0 fully saturated rings. The van der Waals surface area contributed by atoms with Crippen LogP contribution in [0.5, 0.6) is 5.75 Å². The molecule has 0 aliphatic carbocycles. The number of ether oxygens (including phenoxy) is 1. The highest BCUT2D eigenvalue weighted by Gasteiger charge is 2.24. The minimum absolute atomic E-state index is 0.316. The Kier molecular flexibility index (Phi) is 4.80. The van der Waals surface area contributed by atoms with E-state index in [-0.39, 0.29) is 0 Å². The number of hydrogen-bond donors (Lipinski definition) is 2. The Morgan fingerprint density at radius 3 is 2.88 bits per heavy atom. The SMILES string of the molecule is NC(=O)c1c(F)ccc(O[C@H](CO)c2nc3cc(Cl)cnc3s2)c1F. The molecular weight excluding hydrogens is 376 g/mol. The van der Waals surface area contributed by atoms with E-state index in [0.717, 1.165) is 23.5 Å². The zero-order valence-corrected chi connectivity index (χ0v) is 13.9. The number of carbonyl (C=O) groups excluding carboxylic acids is 1. The highest BCUT2D eigenvalue weighted by atomic mass is 35.5. The summed E-state index contributed by atoms with van der Waals surface area (Å²) in [5, 5.41) is 10.3. The summed E-state index contributed by atoms with van der Waals surface area (Å²) in [5.74, 6) is -4.04. The van der Waals surface area contributed by atoms with Gasteiger partial charge >= 0.3 is 0 Å². The number of hydrogen-bond acceptors (Lipinski definition) is 6. The van der Waals surface area contributed by atoms with Crippen molar-refractivity contribution in [3.8, 4) is 5.75 Å². The zero-order valence-electron chi connectivity index (χ0n) is 12.4. The molecule has 1 amide bonds. The molecule has 0 spiro atoms. The summed E-state index contributed by atoms with van der Waals surface area (Å²) >= 11 is 6.97. The summed E-state index contributed by atoms with van der Waals surface area (Å²) in [6.07, 6.45) is 0.401. The molecule has 0 saturated carbocycles. The number of benzene rings is 1. The number of nitrogens with zero attached hydrogens (tertiary/aromatic N) is 2. The maximum Gasteiger partial charge on any atom is 0.254 e. The van der Waals surface area contributed by atoms with Crippen LogP contribution in [-0.4, -0.2) is 27.6 Å². The Bertz CT molecular complexity index is 967. The largest absolute Gasteiger partial charge is 0.478 e. The van der Waals surface area contributed by atoms with Gasteiger partial charge in [-0.3, -0.25) is 4.79 Å². The van der Waals surface area contributed by atoms with Crippen molar-refractivity contribution in [1.82, 2.24) is 9.97 Å². The lowest BCUT2D eigenvalue weighted by Crippen LogP contribution is -2.18. The molecule has 0 bridgehead atoms. The van der Waals surface area contributed by atoms with E-state index < -0.39 is 41.6 Å². The van der Waals surface area contributed by atoms with Gasteiger partial charge in [0.1, 0.15) is 26.7 Å². The monoisotopic (exact) mass is 385 g/mol. The predicted molar refractivity (Wildman–Crippen MR) is 87.8 cm³/mol. The van der Waals surface area contributed by atoms with Gasteiger partial charge in [0, 0.05) is 6.20 Å². The second kappa shape index (κ2) is 6.87. The molecule has 0 aliphatic heterocycles. The van der Waals surface area contributed by atoms with E-state index in [1.807, 2.05) is 0 Å². The van der Waals surface area contributed by atoms with Crippen molar-refractivity contribution in [2.45, 2.75) is 6.10 Å². The first kappa shape index (κ1) is 17.5. The average Bonchev–Trinajstić information content (AvgIpc) is 2.96. The number of aromatic nitrogens is 2. The van der Waals surface area contributed by atoms with E-state index in [0.29, 0.717) is 20.4 Å². The third-order valence-electron chi connectivity index (χ3n) is 3.24. The number of halogens is 3. The number of aliphatic hydroxyl groups is 1. The Labute approximate surface area is 148 Å². The maximum atomic E-state index is 14.3. The third-order valence-corrected chi connectivity index (χ3v) is 4.52. The van der Waals surface area contributed by atoms with Gasteiger partial charge in [0.25, 0.3) is 5.91 Å². The van der Waals surface area contributed by atoms with Crippen LogP contribution in [0.25, 0.3) is 10.3 Å². The van der Waals surface area contributed by atoms with Crippen molar-refractivity contribution in [3.05, 3.63) is 51.6 Å². The molecule has 1 aromatic carbocycles. The predicted octanol–water partition coefficient (Wildman–Crippen LogP) is 2.83. The van der Waals surface area contributed by atoms with Gasteiger partial charge in [-0.15, -0.1) is 0 Å². The summed E-state index contributed by atoms with van der Waals surface area (Å²) in [5.41, 5.74) is 4.55. The number of amides is 1. The first-order valence-electron chi connectivity index (χ1n) is 6.88. The van der Waals surface area contributed by atoms with Crippen LogP contribution in [0.3, 0.4) is 0 Å². The molecule has 0 radical (unpaired) electrons. The summed E-state index contributed by atoms with van der Waals surface area (Å²) in [4.78, 5) is 20.1. The summed E-state index contributed by atoms with van der Waals surface area (Å²) in [6, 6.07) is 3.44. The quantitative estimate of drug-likeness (QED) is 0.703. The van der Waals surface area contributed by atoms with Crippen LogP contribution in [0.1, 0.15) is 21.5 Å². The van der Waals surface area contributed by atoms with Crippen LogP contribution >= 0.6 is 22.9 Å². The number of pyridine rings is 1. The normalized spacial score (nSPS) is 12.3. The highest BCUT2D eigenvalue weighted by molar-refractivity contribution is 7.18. The van der Waals surface area contributed by atoms with Gasteiger partial charge in [-0.2, -0.15) is 0 Å². The number of fused-ring (bicyclic) bond motifs is 1.